The van der Waals surface area contributed by atoms with Crippen LogP contribution in [0.15, 0.2) is 80.7 Å². The van der Waals surface area contributed by atoms with Crippen LogP contribution < -0.4 is 0 Å². The lowest BCUT2D eigenvalue weighted by molar-refractivity contribution is 0.0868. The third-order valence-electron chi connectivity index (χ3n) is 4.77. The Hall–Kier alpha value is -1.75. The van der Waals surface area contributed by atoms with Crippen molar-refractivity contribution in [3.8, 4) is 0 Å². The molecule has 130 valence electrons. The molecule has 0 amide bonds. The van der Waals surface area contributed by atoms with Crippen LogP contribution in [0.4, 0.5) is 5.69 Å². The Bertz CT molecular complexity index is 994. The number of aryl methyl sites for hydroxylation is 1. The maximum atomic E-state index is 6.25. The highest BCUT2D eigenvalue weighted by Gasteiger charge is 2.46. The highest BCUT2D eigenvalue weighted by Crippen LogP contribution is 2.47. The number of hydrogen-bond donors (Lipinski definition) is 0. The number of benzene rings is 3. The summed E-state index contributed by atoms with van der Waals surface area (Å²) in [5, 5.41) is 0. The first-order valence-electron chi connectivity index (χ1n) is 8.32. The Morgan fingerprint density at radius 1 is 0.846 bits per heavy atom. The van der Waals surface area contributed by atoms with Crippen LogP contribution >= 0.6 is 31.9 Å². The summed E-state index contributed by atoms with van der Waals surface area (Å²) < 4.78 is 8.33. The van der Waals surface area contributed by atoms with Crippen molar-refractivity contribution in [1.29, 1.82) is 0 Å². The summed E-state index contributed by atoms with van der Waals surface area (Å²) in [4.78, 5) is 4.98. The van der Waals surface area contributed by atoms with Crippen molar-refractivity contribution in [2.75, 3.05) is 7.11 Å². The fourth-order valence-corrected chi connectivity index (χ4v) is 4.06. The molecule has 0 aromatic heterocycles. The molecule has 2 nitrogen and oxygen atoms in total. The maximum absolute atomic E-state index is 6.25. The summed E-state index contributed by atoms with van der Waals surface area (Å²) in [5.74, 6) is 0. The number of ether oxygens (including phenoxy) is 1. The quantitative estimate of drug-likeness (QED) is 0.425. The van der Waals surface area contributed by atoms with Gasteiger partial charge in [0.2, 0.25) is 0 Å². The van der Waals surface area contributed by atoms with Gasteiger partial charge in [0.1, 0.15) is 0 Å². The molecular formula is C22H17Br2NO. The second kappa shape index (κ2) is 6.76. The molecule has 1 heterocycles. The minimum Gasteiger partial charge on any atom is -0.362 e. The second-order valence-electron chi connectivity index (χ2n) is 6.38. The van der Waals surface area contributed by atoms with Gasteiger partial charge in [0.15, 0.2) is 5.60 Å². The van der Waals surface area contributed by atoms with E-state index in [0.29, 0.717) is 0 Å². The monoisotopic (exact) mass is 469 g/mol. The molecule has 0 N–H and O–H groups in total. The van der Waals surface area contributed by atoms with Crippen LogP contribution in [0.25, 0.3) is 0 Å². The normalized spacial score (nSPS) is 18.5. The largest absolute Gasteiger partial charge is 0.362 e. The van der Waals surface area contributed by atoms with E-state index in [-0.39, 0.29) is 0 Å². The van der Waals surface area contributed by atoms with Crippen molar-refractivity contribution < 1.29 is 4.74 Å². The number of fused-ring (bicyclic) bond motifs is 1. The minimum absolute atomic E-state index is 0.726. The highest BCUT2D eigenvalue weighted by atomic mass is 79.9. The van der Waals surface area contributed by atoms with Crippen LogP contribution in [0.5, 0.6) is 0 Å². The van der Waals surface area contributed by atoms with Crippen molar-refractivity contribution in [2.45, 2.75) is 12.5 Å². The number of aliphatic imine (C=N–C) groups is 1. The number of nitrogens with zero attached hydrogens (tertiary/aromatic N) is 1. The van der Waals surface area contributed by atoms with E-state index in [1.807, 2.05) is 24.3 Å². The molecule has 1 aliphatic rings. The standard InChI is InChI=1S/C22H17Br2NO/c1-14-3-12-20-19(13-14)22(26-2,16-6-10-18(24)11-7-16)21(25-20)15-4-8-17(23)9-5-15/h3-13H,1-2H3. The Morgan fingerprint density at radius 2 is 1.46 bits per heavy atom. The van der Waals surface area contributed by atoms with Crippen LogP contribution in [0.2, 0.25) is 0 Å². The van der Waals surface area contributed by atoms with Crippen molar-refractivity contribution in [1.82, 2.24) is 0 Å². The minimum atomic E-state index is -0.726. The molecule has 4 rings (SSSR count). The Kier molecular flexibility index (Phi) is 4.59. The molecule has 0 bridgehead atoms. The molecule has 3 aromatic carbocycles. The molecule has 3 aromatic rings. The zero-order valence-corrected chi connectivity index (χ0v) is 17.6. The van der Waals surface area contributed by atoms with Crippen molar-refractivity contribution in [3.05, 3.63) is 97.9 Å². The van der Waals surface area contributed by atoms with Gasteiger partial charge in [-0.3, -0.25) is 0 Å². The van der Waals surface area contributed by atoms with Gasteiger partial charge in [-0.15, -0.1) is 0 Å². The molecule has 1 atom stereocenters. The van der Waals surface area contributed by atoms with Gasteiger partial charge in [-0.25, -0.2) is 4.99 Å². The molecule has 0 radical (unpaired) electrons. The fraction of sp³-hybridized carbons (Fsp3) is 0.136. The van der Waals surface area contributed by atoms with E-state index in [4.69, 9.17) is 9.73 Å². The van der Waals surface area contributed by atoms with E-state index in [9.17, 15) is 0 Å². The summed E-state index contributed by atoms with van der Waals surface area (Å²) in [6.45, 7) is 2.10. The second-order valence-corrected chi connectivity index (χ2v) is 8.21. The van der Waals surface area contributed by atoms with Crippen molar-refractivity contribution >= 4 is 43.3 Å². The summed E-state index contributed by atoms with van der Waals surface area (Å²) >= 11 is 7.04. The van der Waals surface area contributed by atoms with Crippen LogP contribution in [-0.4, -0.2) is 12.8 Å². The van der Waals surface area contributed by atoms with E-state index < -0.39 is 5.60 Å². The summed E-state index contributed by atoms with van der Waals surface area (Å²) in [7, 11) is 1.76. The Morgan fingerprint density at radius 3 is 2.08 bits per heavy atom. The summed E-state index contributed by atoms with van der Waals surface area (Å²) in [6.07, 6.45) is 0. The number of rotatable bonds is 3. The first kappa shape index (κ1) is 17.7. The molecule has 0 saturated carbocycles. The predicted molar refractivity (Wildman–Crippen MR) is 113 cm³/mol. The van der Waals surface area contributed by atoms with Crippen molar-refractivity contribution in [2.24, 2.45) is 4.99 Å². The maximum Gasteiger partial charge on any atom is 0.162 e. The van der Waals surface area contributed by atoms with Crippen LogP contribution in [0.1, 0.15) is 22.3 Å². The average Bonchev–Trinajstić information content (AvgIpc) is 2.97. The zero-order valence-electron chi connectivity index (χ0n) is 14.5. The summed E-state index contributed by atoms with van der Waals surface area (Å²) in [5.41, 5.74) is 5.53. The Balaban J connectivity index is 2.00. The first-order chi connectivity index (χ1) is 12.5. The SMILES string of the molecule is COC1(c2ccc(Br)cc2)C(c2ccc(Br)cc2)=Nc2ccc(C)cc21. The third-order valence-corrected chi connectivity index (χ3v) is 5.83. The molecule has 4 heteroatoms. The molecule has 0 saturated heterocycles. The Labute approximate surface area is 170 Å². The highest BCUT2D eigenvalue weighted by molar-refractivity contribution is 9.10. The first-order valence-corrected chi connectivity index (χ1v) is 9.90. The molecule has 0 aliphatic carbocycles. The number of halogens is 2. The summed E-state index contributed by atoms with van der Waals surface area (Å²) in [6, 6.07) is 22.9. The van der Waals surface area contributed by atoms with Crippen LogP contribution in [-0.2, 0) is 10.3 Å². The topological polar surface area (TPSA) is 21.6 Å². The molecule has 1 unspecified atom stereocenters. The van der Waals surface area contributed by atoms with Gasteiger partial charge in [0, 0.05) is 21.6 Å². The molecule has 1 aliphatic heterocycles. The molecule has 0 spiro atoms. The van der Waals surface area contributed by atoms with Gasteiger partial charge in [-0.05, 0) is 48.4 Å². The van der Waals surface area contributed by atoms with Gasteiger partial charge in [0.25, 0.3) is 0 Å². The third kappa shape index (κ3) is 2.77. The van der Waals surface area contributed by atoms with E-state index in [0.717, 1.165) is 37.0 Å². The lowest BCUT2D eigenvalue weighted by atomic mass is 9.80. The van der Waals surface area contributed by atoms with Gasteiger partial charge in [-0.1, -0.05) is 73.8 Å². The average molecular weight is 471 g/mol. The van der Waals surface area contributed by atoms with Gasteiger partial charge in [-0.2, -0.15) is 0 Å². The van der Waals surface area contributed by atoms with Crippen molar-refractivity contribution in [3.63, 3.8) is 0 Å². The molecule has 26 heavy (non-hydrogen) atoms. The molecular weight excluding hydrogens is 454 g/mol. The van der Waals surface area contributed by atoms with Gasteiger partial charge in [0.05, 0.1) is 11.4 Å². The number of hydrogen-bond acceptors (Lipinski definition) is 2. The lowest BCUT2D eigenvalue weighted by Gasteiger charge is -2.32. The lowest BCUT2D eigenvalue weighted by Crippen LogP contribution is -2.37. The molecule has 0 fully saturated rings. The fourth-order valence-electron chi connectivity index (χ4n) is 3.53. The number of methoxy groups -OCH3 is 1. The van der Waals surface area contributed by atoms with Crippen LogP contribution in [0.3, 0.4) is 0 Å². The zero-order chi connectivity index (χ0) is 18.3. The predicted octanol–water partition coefficient (Wildman–Crippen LogP) is 6.54. The van der Waals surface area contributed by atoms with Gasteiger partial charge < -0.3 is 4.74 Å². The van der Waals surface area contributed by atoms with Crippen LogP contribution in [0, 0.1) is 6.92 Å². The van der Waals surface area contributed by atoms with Gasteiger partial charge >= 0.3 is 0 Å². The van der Waals surface area contributed by atoms with E-state index in [1.54, 1.807) is 7.11 Å². The van der Waals surface area contributed by atoms with E-state index in [1.165, 1.54) is 5.56 Å². The van der Waals surface area contributed by atoms with E-state index in [2.05, 4.69) is 81.2 Å². The smallest absolute Gasteiger partial charge is 0.162 e. The van der Waals surface area contributed by atoms with E-state index >= 15 is 0 Å².